The Labute approximate surface area is 68.3 Å². The Hall–Kier alpha value is -0.120. The molecule has 0 aromatic rings. The molecule has 1 heterocycles. The topological polar surface area (TPSA) is 21.7 Å². The number of ether oxygens (including phenoxy) is 2. The zero-order chi connectivity index (χ0) is 8.10. The van der Waals surface area contributed by atoms with Crippen LogP contribution in [0.25, 0.3) is 0 Å². The van der Waals surface area contributed by atoms with E-state index in [1.54, 1.807) is 7.11 Å². The lowest BCUT2D eigenvalue weighted by Gasteiger charge is -2.25. The number of methoxy groups -OCH3 is 1. The Bertz CT molecular complexity index is 100. The van der Waals surface area contributed by atoms with Gasteiger partial charge in [-0.05, 0) is 13.3 Å². The van der Waals surface area contributed by atoms with Crippen LogP contribution in [0.5, 0.6) is 0 Å². The summed E-state index contributed by atoms with van der Waals surface area (Å²) < 4.78 is 10.5. The van der Waals surface area contributed by atoms with E-state index in [-0.39, 0.29) is 6.23 Å². The van der Waals surface area contributed by atoms with Crippen molar-refractivity contribution in [1.29, 1.82) is 0 Å². The normalized spacial score (nSPS) is 24.5. The van der Waals surface area contributed by atoms with Gasteiger partial charge >= 0.3 is 0 Å². The van der Waals surface area contributed by atoms with Crippen LogP contribution in [0.4, 0.5) is 0 Å². The Morgan fingerprint density at radius 1 is 1.36 bits per heavy atom. The highest BCUT2D eigenvalue weighted by Gasteiger charge is 2.14. The molecule has 0 amide bonds. The third-order valence-electron chi connectivity index (χ3n) is 2.11. The van der Waals surface area contributed by atoms with Gasteiger partial charge in [-0.2, -0.15) is 0 Å². The molecule has 0 aliphatic carbocycles. The lowest BCUT2D eigenvalue weighted by atomic mass is 10.4. The summed E-state index contributed by atoms with van der Waals surface area (Å²) >= 11 is 0. The summed E-state index contributed by atoms with van der Waals surface area (Å²) in [6.07, 6.45) is 1.35. The fourth-order valence-electron chi connectivity index (χ4n) is 1.28. The minimum Gasteiger partial charge on any atom is -0.380 e. The van der Waals surface area contributed by atoms with E-state index in [0.717, 1.165) is 32.7 Å². The zero-order valence-electron chi connectivity index (χ0n) is 7.38. The fourth-order valence-corrected chi connectivity index (χ4v) is 1.28. The van der Waals surface area contributed by atoms with Crippen molar-refractivity contribution in [3.63, 3.8) is 0 Å². The minimum atomic E-state index is 0.233. The van der Waals surface area contributed by atoms with Crippen molar-refractivity contribution in [2.45, 2.75) is 19.6 Å². The van der Waals surface area contributed by atoms with E-state index in [1.807, 2.05) is 0 Å². The summed E-state index contributed by atoms with van der Waals surface area (Å²) in [5, 5.41) is 0. The fraction of sp³-hybridized carbons (Fsp3) is 1.00. The molecule has 1 aliphatic heterocycles. The molecule has 0 aromatic heterocycles. The van der Waals surface area contributed by atoms with Gasteiger partial charge < -0.3 is 9.47 Å². The molecular formula is C8H17NO2. The van der Waals surface area contributed by atoms with Crippen LogP contribution in [0.15, 0.2) is 0 Å². The highest BCUT2D eigenvalue weighted by molar-refractivity contribution is 4.61. The van der Waals surface area contributed by atoms with E-state index in [9.17, 15) is 0 Å². The number of nitrogens with zero attached hydrogens (tertiary/aromatic N) is 1. The highest BCUT2D eigenvalue weighted by atomic mass is 16.5. The second-order valence-electron chi connectivity index (χ2n) is 2.84. The molecule has 1 rings (SSSR count). The standard InChI is InChI=1S/C8H17NO2/c1-8(10-2)9-4-3-6-11-7-5-9/h8H,3-7H2,1-2H3. The second kappa shape index (κ2) is 4.70. The molecule has 0 spiro atoms. The van der Waals surface area contributed by atoms with Crippen LogP contribution in [0.2, 0.25) is 0 Å². The molecule has 66 valence electrons. The van der Waals surface area contributed by atoms with Crippen molar-refractivity contribution >= 4 is 0 Å². The van der Waals surface area contributed by atoms with E-state index >= 15 is 0 Å². The monoisotopic (exact) mass is 159 g/mol. The first-order valence-corrected chi connectivity index (χ1v) is 4.19. The van der Waals surface area contributed by atoms with Gasteiger partial charge in [-0.1, -0.05) is 0 Å². The second-order valence-corrected chi connectivity index (χ2v) is 2.84. The van der Waals surface area contributed by atoms with Gasteiger partial charge in [0.05, 0.1) is 6.61 Å². The smallest absolute Gasteiger partial charge is 0.107 e. The quantitative estimate of drug-likeness (QED) is 0.592. The number of hydrogen-bond acceptors (Lipinski definition) is 3. The van der Waals surface area contributed by atoms with Crippen molar-refractivity contribution in [1.82, 2.24) is 4.90 Å². The summed E-state index contributed by atoms with van der Waals surface area (Å²) in [5.74, 6) is 0. The first-order valence-electron chi connectivity index (χ1n) is 4.19. The van der Waals surface area contributed by atoms with Gasteiger partial charge in [-0.3, -0.25) is 4.90 Å². The van der Waals surface area contributed by atoms with Crippen LogP contribution in [0.1, 0.15) is 13.3 Å². The van der Waals surface area contributed by atoms with Crippen LogP contribution < -0.4 is 0 Å². The zero-order valence-corrected chi connectivity index (χ0v) is 7.38. The van der Waals surface area contributed by atoms with Gasteiger partial charge in [0.1, 0.15) is 6.23 Å². The lowest BCUT2D eigenvalue weighted by Crippen LogP contribution is -2.36. The van der Waals surface area contributed by atoms with E-state index in [1.165, 1.54) is 0 Å². The summed E-state index contributed by atoms with van der Waals surface area (Å²) in [4.78, 5) is 2.30. The maximum atomic E-state index is 5.32. The summed E-state index contributed by atoms with van der Waals surface area (Å²) in [5.41, 5.74) is 0. The first kappa shape index (κ1) is 8.97. The average molecular weight is 159 g/mol. The molecule has 1 aliphatic rings. The third kappa shape index (κ3) is 2.77. The number of hydrogen-bond donors (Lipinski definition) is 0. The minimum absolute atomic E-state index is 0.233. The van der Waals surface area contributed by atoms with Crippen molar-refractivity contribution in [3.8, 4) is 0 Å². The molecule has 0 aromatic carbocycles. The van der Waals surface area contributed by atoms with Gasteiger partial charge in [-0.25, -0.2) is 0 Å². The van der Waals surface area contributed by atoms with Crippen molar-refractivity contribution in [2.75, 3.05) is 33.4 Å². The van der Waals surface area contributed by atoms with E-state index < -0.39 is 0 Å². The van der Waals surface area contributed by atoms with Gasteiger partial charge in [0.2, 0.25) is 0 Å². The van der Waals surface area contributed by atoms with E-state index in [0.29, 0.717) is 0 Å². The maximum Gasteiger partial charge on any atom is 0.107 e. The molecule has 3 heteroatoms. The molecule has 0 saturated carbocycles. The van der Waals surface area contributed by atoms with Crippen LogP contribution in [-0.4, -0.2) is 44.5 Å². The largest absolute Gasteiger partial charge is 0.380 e. The van der Waals surface area contributed by atoms with Crippen LogP contribution in [0.3, 0.4) is 0 Å². The molecule has 0 N–H and O–H groups in total. The Balaban J connectivity index is 2.30. The SMILES string of the molecule is COC(C)N1CCCOCC1. The summed E-state index contributed by atoms with van der Waals surface area (Å²) in [6.45, 7) is 5.90. The van der Waals surface area contributed by atoms with Crippen molar-refractivity contribution in [3.05, 3.63) is 0 Å². The van der Waals surface area contributed by atoms with Crippen molar-refractivity contribution < 1.29 is 9.47 Å². The van der Waals surface area contributed by atoms with E-state index in [4.69, 9.17) is 9.47 Å². The average Bonchev–Trinajstić information content (AvgIpc) is 2.30. The summed E-state index contributed by atoms with van der Waals surface area (Å²) in [7, 11) is 1.75. The van der Waals surface area contributed by atoms with Crippen LogP contribution in [0, 0.1) is 0 Å². The molecule has 11 heavy (non-hydrogen) atoms. The van der Waals surface area contributed by atoms with Crippen molar-refractivity contribution in [2.24, 2.45) is 0 Å². The molecule has 1 atom stereocenters. The highest BCUT2D eigenvalue weighted by Crippen LogP contribution is 2.04. The maximum absolute atomic E-state index is 5.32. The molecular weight excluding hydrogens is 142 g/mol. The molecule has 1 fully saturated rings. The molecule has 0 bridgehead atoms. The summed E-state index contributed by atoms with van der Waals surface area (Å²) in [6, 6.07) is 0. The predicted octanol–water partition coefficient (Wildman–Crippen LogP) is 0.701. The molecule has 3 nitrogen and oxygen atoms in total. The van der Waals surface area contributed by atoms with Gasteiger partial charge in [0, 0.05) is 26.8 Å². The molecule has 0 radical (unpaired) electrons. The predicted molar refractivity (Wildman–Crippen MR) is 43.5 cm³/mol. The van der Waals surface area contributed by atoms with Gasteiger partial charge in [-0.15, -0.1) is 0 Å². The van der Waals surface area contributed by atoms with Gasteiger partial charge in [0.15, 0.2) is 0 Å². The van der Waals surface area contributed by atoms with Gasteiger partial charge in [0.25, 0.3) is 0 Å². The Morgan fingerprint density at radius 3 is 2.91 bits per heavy atom. The lowest BCUT2D eigenvalue weighted by molar-refractivity contribution is -0.0191. The first-order chi connectivity index (χ1) is 5.34. The van der Waals surface area contributed by atoms with Crippen LogP contribution in [-0.2, 0) is 9.47 Å². The van der Waals surface area contributed by atoms with Crippen LogP contribution >= 0.6 is 0 Å². The molecule has 1 unspecified atom stereocenters. The number of rotatable bonds is 2. The molecule has 1 saturated heterocycles. The van der Waals surface area contributed by atoms with E-state index in [2.05, 4.69) is 11.8 Å². The Morgan fingerprint density at radius 2 is 2.18 bits per heavy atom. The third-order valence-corrected chi connectivity index (χ3v) is 2.11. The Kier molecular flexibility index (Phi) is 3.83.